The second-order valence-corrected chi connectivity index (χ2v) is 6.16. The maximum Gasteiger partial charge on any atom is 0.174 e. The largest absolute Gasteiger partial charge is 0.453 e. The number of para-hydroxylation sites is 1. The van der Waals surface area contributed by atoms with E-state index < -0.39 is 0 Å². The van der Waals surface area contributed by atoms with Gasteiger partial charge in [-0.05, 0) is 40.6 Å². The minimum atomic E-state index is 0.645. The number of halogens is 1. The van der Waals surface area contributed by atoms with Gasteiger partial charge in [-0.25, -0.2) is 9.98 Å². The van der Waals surface area contributed by atoms with Crippen LogP contribution in [-0.4, -0.2) is 10.8 Å². The Balaban J connectivity index is 1.87. The number of benzene rings is 1. The number of hydrogen-bond acceptors (Lipinski definition) is 4. The SMILES string of the molecule is CCC1=CC=CCC(Nc2ncc(Br)cc2Oc2ccccc2)=N1. The third-order valence-corrected chi connectivity index (χ3v) is 3.86. The lowest BCUT2D eigenvalue weighted by molar-refractivity contribution is 0.482. The predicted molar refractivity (Wildman–Crippen MR) is 102 cm³/mol. The fourth-order valence-electron chi connectivity index (χ4n) is 2.24. The standard InChI is InChI=1S/C19H18BrN3O/c1-2-15-8-6-7-11-18(22-15)23-19-17(12-14(20)13-21-19)24-16-9-4-3-5-10-16/h3-10,12-13H,2,11H2,1H3,(H,21,22,23). The molecule has 0 saturated heterocycles. The Kier molecular flexibility index (Phi) is 5.43. The first-order valence-electron chi connectivity index (χ1n) is 7.83. The lowest BCUT2D eigenvalue weighted by Gasteiger charge is -2.13. The van der Waals surface area contributed by atoms with Crippen LogP contribution >= 0.6 is 15.9 Å². The van der Waals surface area contributed by atoms with E-state index in [1.165, 1.54) is 0 Å². The van der Waals surface area contributed by atoms with Gasteiger partial charge in [0.15, 0.2) is 11.6 Å². The number of amidine groups is 1. The van der Waals surface area contributed by atoms with E-state index in [9.17, 15) is 0 Å². The number of aliphatic imine (C=N–C) groups is 1. The molecule has 1 N–H and O–H groups in total. The fourth-order valence-corrected chi connectivity index (χ4v) is 2.55. The summed E-state index contributed by atoms with van der Waals surface area (Å²) in [6.07, 6.45) is 9.49. The smallest absolute Gasteiger partial charge is 0.174 e. The molecule has 0 unspecified atom stereocenters. The number of pyridine rings is 1. The summed E-state index contributed by atoms with van der Waals surface area (Å²) in [5, 5.41) is 3.30. The molecule has 0 saturated carbocycles. The molecule has 5 heteroatoms. The van der Waals surface area contributed by atoms with E-state index in [-0.39, 0.29) is 0 Å². The second kappa shape index (κ2) is 7.93. The van der Waals surface area contributed by atoms with Crippen LogP contribution in [0.3, 0.4) is 0 Å². The van der Waals surface area contributed by atoms with Gasteiger partial charge >= 0.3 is 0 Å². The predicted octanol–water partition coefficient (Wildman–Crippen LogP) is 5.70. The lowest BCUT2D eigenvalue weighted by Crippen LogP contribution is -2.13. The molecule has 24 heavy (non-hydrogen) atoms. The van der Waals surface area contributed by atoms with Gasteiger partial charge in [0.2, 0.25) is 0 Å². The van der Waals surface area contributed by atoms with Crippen LogP contribution in [0.4, 0.5) is 5.82 Å². The van der Waals surface area contributed by atoms with Gasteiger partial charge in [0.1, 0.15) is 11.6 Å². The average Bonchev–Trinajstić information content (AvgIpc) is 2.83. The summed E-state index contributed by atoms with van der Waals surface area (Å²) in [6.45, 7) is 2.09. The molecule has 0 aliphatic carbocycles. The van der Waals surface area contributed by atoms with Crippen LogP contribution in [0.5, 0.6) is 11.5 Å². The Labute approximate surface area is 150 Å². The van der Waals surface area contributed by atoms with Crippen molar-refractivity contribution >= 4 is 27.6 Å². The third kappa shape index (κ3) is 4.32. The van der Waals surface area contributed by atoms with Crippen molar-refractivity contribution in [1.29, 1.82) is 0 Å². The minimum Gasteiger partial charge on any atom is -0.453 e. The molecule has 0 spiro atoms. The van der Waals surface area contributed by atoms with E-state index in [0.717, 1.165) is 34.6 Å². The molecule has 1 aromatic carbocycles. The highest BCUT2D eigenvalue weighted by atomic mass is 79.9. The van der Waals surface area contributed by atoms with E-state index >= 15 is 0 Å². The van der Waals surface area contributed by atoms with Crippen molar-refractivity contribution in [1.82, 2.24) is 4.98 Å². The number of anilines is 1. The highest BCUT2D eigenvalue weighted by Gasteiger charge is 2.11. The van der Waals surface area contributed by atoms with E-state index in [1.54, 1.807) is 6.20 Å². The van der Waals surface area contributed by atoms with Gasteiger partial charge in [-0.15, -0.1) is 0 Å². The quantitative estimate of drug-likeness (QED) is 0.736. The number of nitrogens with zero attached hydrogens (tertiary/aromatic N) is 2. The molecule has 0 fully saturated rings. The zero-order valence-electron chi connectivity index (χ0n) is 13.4. The van der Waals surface area contributed by atoms with Crippen LogP contribution in [0.25, 0.3) is 0 Å². The van der Waals surface area contributed by atoms with E-state index in [2.05, 4.69) is 44.2 Å². The van der Waals surface area contributed by atoms with E-state index in [1.807, 2.05) is 48.6 Å². The summed E-state index contributed by atoms with van der Waals surface area (Å²) in [7, 11) is 0. The van der Waals surface area contributed by atoms with Gasteiger partial charge in [-0.2, -0.15) is 0 Å². The molecule has 0 atom stereocenters. The van der Waals surface area contributed by atoms with Crippen molar-refractivity contribution in [2.24, 2.45) is 4.99 Å². The van der Waals surface area contributed by atoms with Crippen LogP contribution in [-0.2, 0) is 0 Å². The highest BCUT2D eigenvalue weighted by molar-refractivity contribution is 9.10. The molecule has 0 amide bonds. The number of ether oxygens (including phenoxy) is 1. The van der Waals surface area contributed by atoms with Gasteiger partial charge in [-0.3, -0.25) is 0 Å². The topological polar surface area (TPSA) is 46.5 Å². The minimum absolute atomic E-state index is 0.645. The molecule has 1 aliphatic rings. The molecule has 0 bridgehead atoms. The summed E-state index contributed by atoms with van der Waals surface area (Å²) in [6, 6.07) is 11.5. The maximum atomic E-state index is 5.97. The van der Waals surface area contributed by atoms with Crippen LogP contribution in [0.2, 0.25) is 0 Å². The van der Waals surface area contributed by atoms with Gasteiger partial charge in [0.05, 0.1) is 0 Å². The number of allylic oxidation sites excluding steroid dienone is 3. The van der Waals surface area contributed by atoms with Gasteiger partial charge in [0, 0.05) is 28.9 Å². The average molecular weight is 384 g/mol. The number of hydrogen-bond donors (Lipinski definition) is 1. The van der Waals surface area contributed by atoms with Gasteiger partial charge in [0.25, 0.3) is 0 Å². The van der Waals surface area contributed by atoms with Crippen LogP contribution in [0, 0.1) is 0 Å². The monoisotopic (exact) mass is 383 g/mol. The summed E-state index contributed by atoms with van der Waals surface area (Å²) in [5.74, 6) is 2.90. The van der Waals surface area contributed by atoms with Crippen molar-refractivity contribution in [3.05, 3.63) is 71.0 Å². The van der Waals surface area contributed by atoms with Crippen LogP contribution in [0.1, 0.15) is 19.8 Å². The van der Waals surface area contributed by atoms with Gasteiger partial charge < -0.3 is 10.1 Å². The first-order chi connectivity index (χ1) is 11.7. The van der Waals surface area contributed by atoms with Gasteiger partial charge in [-0.1, -0.05) is 37.3 Å². The van der Waals surface area contributed by atoms with Crippen LogP contribution in [0.15, 0.2) is 76.0 Å². The lowest BCUT2D eigenvalue weighted by atomic mass is 10.3. The van der Waals surface area contributed by atoms with E-state index in [4.69, 9.17) is 4.74 Å². The summed E-state index contributed by atoms with van der Waals surface area (Å²) in [5.41, 5.74) is 1.04. The molecule has 3 rings (SSSR count). The highest BCUT2D eigenvalue weighted by Crippen LogP contribution is 2.30. The normalized spacial score (nSPS) is 13.8. The number of nitrogens with one attached hydrogen (secondary N) is 1. The third-order valence-electron chi connectivity index (χ3n) is 3.43. The van der Waals surface area contributed by atoms with E-state index in [0.29, 0.717) is 11.6 Å². The Morgan fingerprint density at radius 2 is 2.08 bits per heavy atom. The fraction of sp³-hybridized carbons (Fsp3) is 0.158. The molecular weight excluding hydrogens is 366 g/mol. The summed E-state index contributed by atoms with van der Waals surface area (Å²) < 4.78 is 6.83. The summed E-state index contributed by atoms with van der Waals surface area (Å²) >= 11 is 3.45. The molecule has 4 nitrogen and oxygen atoms in total. The number of aromatic nitrogens is 1. The molecule has 0 radical (unpaired) electrons. The Bertz CT molecular complexity index is 798. The first-order valence-corrected chi connectivity index (χ1v) is 8.62. The molecule has 1 aliphatic heterocycles. The van der Waals surface area contributed by atoms with Crippen molar-refractivity contribution < 1.29 is 4.74 Å². The van der Waals surface area contributed by atoms with Crippen molar-refractivity contribution in [3.63, 3.8) is 0 Å². The maximum absolute atomic E-state index is 5.97. The van der Waals surface area contributed by atoms with Crippen LogP contribution < -0.4 is 10.1 Å². The molecule has 2 heterocycles. The second-order valence-electron chi connectivity index (χ2n) is 5.24. The molecular formula is C19H18BrN3O. The number of rotatable bonds is 4. The van der Waals surface area contributed by atoms with Crippen molar-refractivity contribution in [2.45, 2.75) is 19.8 Å². The summed E-state index contributed by atoms with van der Waals surface area (Å²) in [4.78, 5) is 9.10. The molecule has 1 aromatic heterocycles. The Morgan fingerprint density at radius 1 is 1.25 bits per heavy atom. The van der Waals surface area contributed by atoms with Crippen molar-refractivity contribution in [2.75, 3.05) is 5.32 Å². The Hall–Kier alpha value is -2.40. The first kappa shape index (κ1) is 16.5. The zero-order chi connectivity index (χ0) is 16.8. The molecule has 2 aromatic rings. The Morgan fingerprint density at radius 3 is 2.88 bits per heavy atom. The van der Waals surface area contributed by atoms with Crippen molar-refractivity contribution in [3.8, 4) is 11.5 Å². The zero-order valence-corrected chi connectivity index (χ0v) is 15.0. The molecule has 122 valence electrons.